The van der Waals surface area contributed by atoms with Crippen molar-refractivity contribution in [3.05, 3.63) is 74.8 Å². The molecule has 0 unspecified atom stereocenters. The van der Waals surface area contributed by atoms with E-state index in [0.717, 1.165) is 19.2 Å². The summed E-state index contributed by atoms with van der Waals surface area (Å²) in [7, 11) is 1.16. The van der Waals surface area contributed by atoms with Crippen LogP contribution < -0.4 is 19.6 Å². The molecule has 0 heterocycles. The molecule has 0 saturated heterocycles. The second-order valence-corrected chi connectivity index (χ2v) is 5.76. The zero-order chi connectivity index (χ0) is 22.8. The van der Waals surface area contributed by atoms with E-state index in [9.17, 15) is 25.0 Å². The first kappa shape index (κ1) is 22.8. The van der Waals surface area contributed by atoms with Gasteiger partial charge >= 0.3 is 5.69 Å². The zero-order valence-electron chi connectivity index (χ0n) is 16.3. The third-order valence-corrected chi connectivity index (χ3v) is 3.65. The lowest BCUT2D eigenvalue weighted by Crippen LogP contribution is -2.25. The number of hydrogen-bond donors (Lipinski definition) is 1. The van der Waals surface area contributed by atoms with Gasteiger partial charge in [0, 0.05) is 0 Å². The minimum absolute atomic E-state index is 0.254. The highest BCUT2D eigenvalue weighted by atomic mass is 16.6. The molecule has 0 aromatic heterocycles. The summed E-state index contributed by atoms with van der Waals surface area (Å²) in [5, 5.41) is 25.9. The van der Waals surface area contributed by atoms with Gasteiger partial charge in [-0.3, -0.25) is 25.0 Å². The molecule has 0 aliphatic rings. The maximum absolute atomic E-state index is 11.9. The number of nitrogens with zero attached hydrogens (tertiary/aromatic N) is 3. The van der Waals surface area contributed by atoms with Crippen molar-refractivity contribution in [2.75, 3.05) is 20.3 Å². The average Bonchev–Trinajstić information content (AvgIpc) is 2.76. The molecule has 0 aliphatic carbocycles. The summed E-state index contributed by atoms with van der Waals surface area (Å²) in [6.45, 7) is 3.29. The second-order valence-electron chi connectivity index (χ2n) is 5.76. The Bertz CT molecular complexity index is 1000. The lowest BCUT2D eigenvalue weighted by molar-refractivity contribution is -0.394. The highest BCUT2D eigenvalue weighted by Crippen LogP contribution is 2.40. The second kappa shape index (κ2) is 10.9. The Hall–Kier alpha value is -4.48. The van der Waals surface area contributed by atoms with Gasteiger partial charge in [0.15, 0.2) is 12.4 Å². The molecule has 0 bridgehead atoms. The molecule has 12 heteroatoms. The van der Waals surface area contributed by atoms with Crippen LogP contribution in [0.25, 0.3) is 0 Å². The summed E-state index contributed by atoms with van der Waals surface area (Å²) in [5.41, 5.74) is 1.63. The Morgan fingerprint density at radius 3 is 2.45 bits per heavy atom. The normalized spacial score (nSPS) is 10.4. The number of benzene rings is 2. The summed E-state index contributed by atoms with van der Waals surface area (Å²) in [6.07, 6.45) is 3.00. The van der Waals surface area contributed by atoms with Gasteiger partial charge in [-0.05, 0) is 29.8 Å². The molecule has 0 aliphatic heterocycles. The first-order chi connectivity index (χ1) is 14.8. The minimum atomic E-state index is -0.872. The molecule has 0 saturated carbocycles. The van der Waals surface area contributed by atoms with Crippen LogP contribution in [0.5, 0.6) is 17.2 Å². The van der Waals surface area contributed by atoms with Gasteiger partial charge in [-0.2, -0.15) is 5.10 Å². The van der Waals surface area contributed by atoms with Crippen LogP contribution in [0.4, 0.5) is 11.4 Å². The molecular weight excluding hydrogens is 412 g/mol. The zero-order valence-corrected chi connectivity index (χ0v) is 16.3. The van der Waals surface area contributed by atoms with Crippen LogP contribution in [-0.2, 0) is 4.79 Å². The number of nitrogens with one attached hydrogen (secondary N) is 1. The monoisotopic (exact) mass is 430 g/mol. The Kier molecular flexibility index (Phi) is 8.02. The third-order valence-electron chi connectivity index (χ3n) is 3.65. The number of carbonyl (C=O) groups is 1. The number of ether oxygens (including phenoxy) is 3. The van der Waals surface area contributed by atoms with Crippen LogP contribution >= 0.6 is 0 Å². The van der Waals surface area contributed by atoms with Crippen molar-refractivity contribution in [3.8, 4) is 17.2 Å². The smallest absolute Gasteiger partial charge is 0.321 e. The fourth-order valence-corrected chi connectivity index (χ4v) is 2.27. The SMILES string of the molecule is C=CCOc1ccc(/C=N/NC(=O)COc2c(OC)cc([N+](=O)[O-])cc2[N+](=O)[O-])cc1. The van der Waals surface area contributed by atoms with Gasteiger partial charge in [0.25, 0.3) is 11.6 Å². The summed E-state index contributed by atoms with van der Waals surface area (Å²) >= 11 is 0. The maximum Gasteiger partial charge on any atom is 0.321 e. The molecule has 0 fully saturated rings. The van der Waals surface area contributed by atoms with Gasteiger partial charge in [-0.1, -0.05) is 12.7 Å². The topological polar surface area (TPSA) is 155 Å². The molecule has 12 nitrogen and oxygen atoms in total. The maximum atomic E-state index is 11.9. The molecule has 31 heavy (non-hydrogen) atoms. The highest BCUT2D eigenvalue weighted by molar-refractivity contribution is 5.83. The van der Waals surface area contributed by atoms with Crippen molar-refractivity contribution >= 4 is 23.5 Å². The first-order valence-corrected chi connectivity index (χ1v) is 8.65. The number of rotatable bonds is 11. The highest BCUT2D eigenvalue weighted by Gasteiger charge is 2.27. The summed E-state index contributed by atoms with van der Waals surface area (Å²) in [4.78, 5) is 32.4. The van der Waals surface area contributed by atoms with Crippen molar-refractivity contribution in [2.45, 2.75) is 0 Å². The third kappa shape index (κ3) is 6.52. The predicted octanol–water partition coefficient (Wildman–Crippen LogP) is 2.61. The van der Waals surface area contributed by atoms with Gasteiger partial charge in [0.1, 0.15) is 12.4 Å². The van der Waals surface area contributed by atoms with Crippen LogP contribution in [0.3, 0.4) is 0 Å². The van der Waals surface area contributed by atoms with E-state index in [1.54, 1.807) is 30.3 Å². The molecular formula is C19H18N4O8. The van der Waals surface area contributed by atoms with E-state index in [1.807, 2.05) is 0 Å². The summed E-state index contributed by atoms with van der Waals surface area (Å²) < 4.78 is 15.4. The van der Waals surface area contributed by atoms with Crippen LogP contribution in [-0.4, -0.2) is 42.3 Å². The van der Waals surface area contributed by atoms with E-state index in [4.69, 9.17) is 14.2 Å². The average molecular weight is 430 g/mol. The Labute approximate surface area is 176 Å². The minimum Gasteiger partial charge on any atom is -0.492 e. The van der Waals surface area contributed by atoms with Gasteiger partial charge in [-0.25, -0.2) is 5.43 Å². The van der Waals surface area contributed by atoms with E-state index in [1.165, 1.54) is 6.21 Å². The van der Waals surface area contributed by atoms with Crippen LogP contribution in [0.1, 0.15) is 5.56 Å². The quantitative estimate of drug-likeness (QED) is 0.247. The van der Waals surface area contributed by atoms with Gasteiger partial charge in [0.05, 0.1) is 35.3 Å². The van der Waals surface area contributed by atoms with Crippen molar-refractivity contribution in [1.29, 1.82) is 0 Å². The number of amides is 1. The molecule has 0 atom stereocenters. The van der Waals surface area contributed by atoms with Crippen molar-refractivity contribution in [1.82, 2.24) is 5.43 Å². The van der Waals surface area contributed by atoms with Gasteiger partial charge in [-0.15, -0.1) is 0 Å². The molecule has 2 rings (SSSR count). The van der Waals surface area contributed by atoms with E-state index >= 15 is 0 Å². The number of non-ortho nitro benzene ring substituents is 1. The Morgan fingerprint density at radius 1 is 1.16 bits per heavy atom. The number of methoxy groups -OCH3 is 1. The first-order valence-electron chi connectivity index (χ1n) is 8.65. The van der Waals surface area contributed by atoms with Crippen LogP contribution in [0, 0.1) is 20.2 Å². The molecule has 0 spiro atoms. The lowest BCUT2D eigenvalue weighted by atomic mass is 10.2. The fraction of sp³-hybridized carbons (Fsp3) is 0.158. The summed E-state index contributed by atoms with van der Waals surface area (Å²) in [5.74, 6) is -0.728. The lowest BCUT2D eigenvalue weighted by Gasteiger charge is -2.10. The number of hydrazone groups is 1. The predicted molar refractivity (Wildman–Crippen MR) is 110 cm³/mol. The van der Waals surface area contributed by atoms with Crippen LogP contribution in [0.15, 0.2) is 54.2 Å². The van der Waals surface area contributed by atoms with Crippen molar-refractivity contribution in [2.24, 2.45) is 5.10 Å². The molecule has 2 aromatic rings. The number of nitro benzene ring substituents is 2. The van der Waals surface area contributed by atoms with Gasteiger partial charge < -0.3 is 14.2 Å². The summed E-state index contributed by atoms with van der Waals surface area (Å²) in [6, 6.07) is 8.55. The van der Waals surface area contributed by atoms with E-state index in [2.05, 4.69) is 17.1 Å². The molecule has 2 aromatic carbocycles. The molecule has 162 valence electrons. The molecule has 1 amide bonds. The number of nitro groups is 2. The van der Waals surface area contributed by atoms with Crippen LogP contribution in [0.2, 0.25) is 0 Å². The van der Waals surface area contributed by atoms with Crippen molar-refractivity contribution in [3.63, 3.8) is 0 Å². The van der Waals surface area contributed by atoms with E-state index in [-0.39, 0.29) is 5.75 Å². The fourth-order valence-electron chi connectivity index (χ4n) is 2.27. The van der Waals surface area contributed by atoms with E-state index < -0.39 is 39.5 Å². The Balaban J connectivity index is 2.00. The van der Waals surface area contributed by atoms with Gasteiger partial charge in [0.2, 0.25) is 5.75 Å². The Morgan fingerprint density at radius 2 is 1.87 bits per heavy atom. The van der Waals surface area contributed by atoms with Crippen molar-refractivity contribution < 1.29 is 28.9 Å². The standard InChI is InChI=1S/C19H18N4O8/c1-3-8-30-15-6-4-13(5-7-15)11-20-21-18(24)12-31-19-16(23(27)28)9-14(22(25)26)10-17(19)29-2/h3-7,9-11H,1,8,12H2,2H3,(H,21,24)/b20-11+. The number of carbonyl (C=O) groups excluding carboxylic acids is 1. The molecule has 1 N–H and O–H groups in total. The largest absolute Gasteiger partial charge is 0.492 e. The number of hydrogen-bond acceptors (Lipinski definition) is 9. The molecule has 0 radical (unpaired) electrons. The van der Waals surface area contributed by atoms with E-state index in [0.29, 0.717) is 17.9 Å².